The zero-order valence-electron chi connectivity index (χ0n) is 15.1. The highest BCUT2D eigenvalue weighted by atomic mass is 16.3. The van der Waals surface area contributed by atoms with Gasteiger partial charge in [-0.3, -0.25) is 0 Å². The van der Waals surface area contributed by atoms with Gasteiger partial charge in [-0.1, -0.05) is 25.5 Å². The first-order valence-electron chi connectivity index (χ1n) is 9.85. The summed E-state index contributed by atoms with van der Waals surface area (Å²) < 4.78 is 0. The Morgan fingerprint density at radius 3 is 2.67 bits per heavy atom. The van der Waals surface area contributed by atoms with E-state index in [0.29, 0.717) is 24.2 Å². The van der Waals surface area contributed by atoms with Gasteiger partial charge in [-0.15, -0.1) is 0 Å². The molecule has 0 heterocycles. The topological polar surface area (TPSA) is 64.2 Å². The quantitative estimate of drug-likeness (QED) is 0.522. The number of hydrogen-bond donors (Lipinski definition) is 2. The number of nitrogens with zero attached hydrogens (tertiary/aromatic N) is 1. The van der Waals surface area contributed by atoms with Crippen molar-refractivity contribution in [3.63, 3.8) is 0 Å². The zero-order valence-corrected chi connectivity index (χ0v) is 15.1. The summed E-state index contributed by atoms with van der Waals surface area (Å²) in [5.74, 6) is 1.70. The maximum atomic E-state index is 11.0. The fraction of sp³-hybridized carbons (Fsp3) is 0.857. The molecule has 0 spiro atoms. The van der Waals surface area contributed by atoms with E-state index in [1.807, 2.05) is 0 Å². The number of aliphatic hydroxyl groups excluding tert-OH is 1. The normalized spacial score (nSPS) is 53.9. The molecule has 0 aromatic rings. The van der Waals surface area contributed by atoms with E-state index in [2.05, 4.69) is 26.0 Å². The highest BCUT2D eigenvalue weighted by Crippen LogP contribution is 2.65. The van der Waals surface area contributed by atoms with Gasteiger partial charge in [-0.25, -0.2) is 0 Å². The molecule has 0 bridgehead atoms. The fourth-order valence-electron chi connectivity index (χ4n) is 7.05. The van der Waals surface area contributed by atoms with Gasteiger partial charge in [0.15, 0.2) is 5.60 Å². The Morgan fingerprint density at radius 1 is 1.12 bits per heavy atom. The van der Waals surface area contributed by atoms with Crippen LogP contribution >= 0.6 is 0 Å². The lowest BCUT2D eigenvalue weighted by atomic mass is 9.43. The summed E-state index contributed by atoms with van der Waals surface area (Å²) in [4.78, 5) is 0. The Kier molecular flexibility index (Phi) is 3.68. The zero-order chi connectivity index (χ0) is 17.2. The maximum Gasteiger partial charge on any atom is 0.156 e. The molecule has 0 amide bonds. The molecule has 7 atom stereocenters. The molecule has 0 unspecified atom stereocenters. The van der Waals surface area contributed by atoms with Gasteiger partial charge in [0.2, 0.25) is 0 Å². The Labute approximate surface area is 145 Å². The molecule has 24 heavy (non-hydrogen) atoms. The van der Waals surface area contributed by atoms with E-state index in [0.717, 1.165) is 51.4 Å². The van der Waals surface area contributed by atoms with Crippen LogP contribution in [-0.4, -0.2) is 21.9 Å². The van der Waals surface area contributed by atoms with Gasteiger partial charge in [0, 0.05) is 5.41 Å². The third-order valence-corrected chi connectivity index (χ3v) is 8.65. The molecule has 3 heteroatoms. The van der Waals surface area contributed by atoms with E-state index in [4.69, 9.17) is 0 Å². The van der Waals surface area contributed by atoms with Gasteiger partial charge in [-0.05, 0) is 81.0 Å². The van der Waals surface area contributed by atoms with Crippen LogP contribution in [0.1, 0.15) is 71.6 Å². The summed E-state index contributed by atoms with van der Waals surface area (Å²) in [6.45, 7) is 4.60. The standard InChI is InChI=1S/C21H31NO2/c1-19-10-7-15(23)12-14(19)5-6-16-17(19)8-11-20(2)18(16)4-3-9-21(20,24)13-22/h5,15-18,23-24H,3-4,6-12H2,1-2H3/t15-,16+,17-,18-,19-,20+,21+/m0/s1. The average molecular weight is 329 g/mol. The lowest BCUT2D eigenvalue weighted by Crippen LogP contribution is -2.60. The molecular weight excluding hydrogens is 298 g/mol. The molecule has 132 valence electrons. The average Bonchev–Trinajstić information content (AvgIpc) is 2.56. The third kappa shape index (κ3) is 2.02. The highest BCUT2D eigenvalue weighted by Gasteiger charge is 2.62. The molecule has 4 aliphatic rings. The summed E-state index contributed by atoms with van der Waals surface area (Å²) in [5.41, 5.74) is 0.314. The van der Waals surface area contributed by atoms with Crippen LogP contribution in [-0.2, 0) is 0 Å². The Balaban J connectivity index is 1.70. The minimum Gasteiger partial charge on any atom is -0.393 e. The first-order chi connectivity index (χ1) is 11.3. The van der Waals surface area contributed by atoms with Gasteiger partial charge < -0.3 is 10.2 Å². The monoisotopic (exact) mass is 329 g/mol. The highest BCUT2D eigenvalue weighted by molar-refractivity contribution is 5.27. The van der Waals surface area contributed by atoms with Crippen LogP contribution < -0.4 is 0 Å². The predicted molar refractivity (Wildman–Crippen MR) is 92.9 cm³/mol. The minimum atomic E-state index is -1.14. The van der Waals surface area contributed by atoms with Crippen molar-refractivity contribution in [2.75, 3.05) is 0 Å². The fourth-order valence-corrected chi connectivity index (χ4v) is 7.05. The lowest BCUT2D eigenvalue weighted by molar-refractivity contribution is -0.160. The number of allylic oxidation sites excluding steroid dienone is 1. The summed E-state index contributed by atoms with van der Waals surface area (Å²) in [7, 11) is 0. The molecule has 3 saturated carbocycles. The van der Waals surface area contributed by atoms with Crippen molar-refractivity contribution in [3.05, 3.63) is 11.6 Å². The molecule has 0 radical (unpaired) electrons. The lowest BCUT2D eigenvalue weighted by Gasteiger charge is -2.62. The van der Waals surface area contributed by atoms with Gasteiger partial charge >= 0.3 is 0 Å². The summed E-state index contributed by atoms with van der Waals surface area (Å²) in [6, 6.07) is 2.29. The van der Waals surface area contributed by atoms with Crippen molar-refractivity contribution in [2.24, 2.45) is 28.6 Å². The number of nitriles is 1. The van der Waals surface area contributed by atoms with Crippen LogP contribution in [0.25, 0.3) is 0 Å². The van der Waals surface area contributed by atoms with E-state index in [-0.39, 0.29) is 16.9 Å². The third-order valence-electron chi connectivity index (χ3n) is 8.65. The van der Waals surface area contributed by atoms with Crippen LogP contribution in [0.4, 0.5) is 0 Å². The Bertz CT molecular complexity index is 607. The van der Waals surface area contributed by atoms with Crippen LogP contribution in [0.3, 0.4) is 0 Å². The van der Waals surface area contributed by atoms with E-state index in [1.165, 1.54) is 5.57 Å². The van der Waals surface area contributed by atoms with Crippen LogP contribution in [0.15, 0.2) is 11.6 Å². The van der Waals surface area contributed by atoms with E-state index < -0.39 is 5.60 Å². The number of rotatable bonds is 0. The number of aliphatic hydroxyl groups is 2. The molecule has 0 aliphatic heterocycles. The summed E-state index contributed by atoms with van der Waals surface area (Å²) in [5, 5.41) is 30.8. The van der Waals surface area contributed by atoms with E-state index >= 15 is 0 Å². The van der Waals surface area contributed by atoms with Crippen molar-refractivity contribution in [3.8, 4) is 6.07 Å². The maximum absolute atomic E-state index is 11.0. The van der Waals surface area contributed by atoms with Crippen LogP contribution in [0, 0.1) is 39.9 Å². The smallest absolute Gasteiger partial charge is 0.156 e. The van der Waals surface area contributed by atoms with Crippen molar-refractivity contribution < 1.29 is 10.2 Å². The van der Waals surface area contributed by atoms with Crippen LogP contribution in [0.5, 0.6) is 0 Å². The molecule has 4 aliphatic carbocycles. The molecule has 0 aromatic heterocycles. The largest absolute Gasteiger partial charge is 0.393 e. The van der Waals surface area contributed by atoms with Crippen LogP contribution in [0.2, 0.25) is 0 Å². The predicted octanol–water partition coefficient (Wildman–Crippen LogP) is 3.95. The molecule has 3 nitrogen and oxygen atoms in total. The van der Waals surface area contributed by atoms with Crippen molar-refractivity contribution >= 4 is 0 Å². The molecule has 4 rings (SSSR count). The Hall–Kier alpha value is -0.850. The second kappa shape index (κ2) is 5.32. The first kappa shape index (κ1) is 16.6. The van der Waals surface area contributed by atoms with Gasteiger partial charge in [0.1, 0.15) is 0 Å². The molecule has 0 aromatic carbocycles. The second-order valence-electron chi connectivity index (χ2n) is 9.48. The SMILES string of the molecule is C[C@]12CC[C@H](O)CC1=CC[C@@H]1[C@@H]2CC[C@]2(C)[C@H]1CCC[C@@]2(O)C#N. The minimum absolute atomic E-state index is 0.159. The molecule has 3 fully saturated rings. The second-order valence-corrected chi connectivity index (χ2v) is 9.48. The van der Waals surface area contributed by atoms with Crippen molar-refractivity contribution in [1.29, 1.82) is 5.26 Å². The molecular formula is C21H31NO2. The van der Waals surface area contributed by atoms with Crippen molar-refractivity contribution in [2.45, 2.75) is 83.3 Å². The van der Waals surface area contributed by atoms with E-state index in [9.17, 15) is 15.5 Å². The van der Waals surface area contributed by atoms with Gasteiger partial charge in [-0.2, -0.15) is 5.26 Å². The molecule has 2 N–H and O–H groups in total. The summed E-state index contributed by atoms with van der Waals surface area (Å²) in [6.07, 6.45) is 11.0. The van der Waals surface area contributed by atoms with E-state index in [1.54, 1.807) is 0 Å². The first-order valence-corrected chi connectivity index (χ1v) is 9.85. The molecule has 0 saturated heterocycles. The summed E-state index contributed by atoms with van der Waals surface area (Å²) >= 11 is 0. The van der Waals surface area contributed by atoms with Gasteiger partial charge in [0.05, 0.1) is 12.2 Å². The number of hydrogen-bond acceptors (Lipinski definition) is 3. The number of fused-ring (bicyclic) bond motifs is 5. The van der Waals surface area contributed by atoms with Gasteiger partial charge in [0.25, 0.3) is 0 Å². The van der Waals surface area contributed by atoms with Crippen molar-refractivity contribution in [1.82, 2.24) is 0 Å². The Morgan fingerprint density at radius 2 is 1.92 bits per heavy atom.